The molecule has 6 heteroatoms. The Bertz CT molecular complexity index is 227. The van der Waals surface area contributed by atoms with Crippen molar-refractivity contribution >= 4 is 29.3 Å². The van der Waals surface area contributed by atoms with Crippen molar-refractivity contribution in [3.63, 3.8) is 0 Å². The third-order valence-corrected chi connectivity index (χ3v) is 1.09. The number of hydrogen-bond donors (Lipinski definition) is 1. The molecule has 0 radical (unpaired) electrons. The molecule has 0 aliphatic heterocycles. The van der Waals surface area contributed by atoms with Crippen molar-refractivity contribution in [3.05, 3.63) is 10.2 Å². The Morgan fingerprint density at radius 2 is 2.18 bits per heavy atom. The minimum Gasteiger partial charge on any atom is -0.453 e. The molecule has 4 nitrogen and oxygen atoms in total. The number of nitrogens with zero attached hydrogens (tertiary/aromatic N) is 1. The molecule has 0 saturated carbocycles. The number of nitrogens with one attached hydrogen (secondary N) is 1. The molecular weight excluding hydrogens is 191 g/mol. The van der Waals surface area contributed by atoms with Gasteiger partial charge in [-0.2, -0.15) is 5.26 Å². The molecule has 0 aromatic carbocycles. The van der Waals surface area contributed by atoms with Crippen molar-refractivity contribution in [2.45, 2.75) is 0 Å². The van der Waals surface area contributed by atoms with Gasteiger partial charge in [-0.05, 0) is 0 Å². The summed E-state index contributed by atoms with van der Waals surface area (Å²) in [6.07, 6.45) is -0.791. The summed E-state index contributed by atoms with van der Waals surface area (Å²) in [5.74, 6) is 0. The summed E-state index contributed by atoms with van der Waals surface area (Å²) in [5, 5.41) is 10.3. The van der Waals surface area contributed by atoms with Crippen LogP contribution in [0.5, 0.6) is 0 Å². The van der Waals surface area contributed by atoms with Crippen LogP contribution in [-0.4, -0.2) is 13.2 Å². The molecule has 0 saturated heterocycles. The average Bonchev–Trinajstić information content (AvgIpc) is 1.99. The van der Waals surface area contributed by atoms with Gasteiger partial charge >= 0.3 is 6.09 Å². The van der Waals surface area contributed by atoms with Crippen LogP contribution in [0, 0.1) is 11.3 Å². The number of halogens is 2. The molecule has 0 bridgehead atoms. The predicted octanol–water partition coefficient (Wildman–Crippen LogP) is 1.51. The summed E-state index contributed by atoms with van der Waals surface area (Å²) in [6, 6.07) is 1.57. The van der Waals surface area contributed by atoms with Gasteiger partial charge in [0.2, 0.25) is 0 Å². The lowest BCUT2D eigenvalue weighted by Crippen LogP contribution is -2.21. The maximum atomic E-state index is 10.4. The lowest BCUT2D eigenvalue weighted by molar-refractivity contribution is 0.174. The highest BCUT2D eigenvalue weighted by molar-refractivity contribution is 6.56. The number of nitriles is 1. The predicted molar refractivity (Wildman–Crippen MR) is 39.9 cm³/mol. The van der Waals surface area contributed by atoms with Gasteiger partial charge in [-0.25, -0.2) is 4.79 Å². The number of carbonyl (C=O) groups is 1. The second-order valence-corrected chi connectivity index (χ2v) is 2.31. The summed E-state index contributed by atoms with van der Waals surface area (Å²) in [4.78, 5) is 10.4. The minimum atomic E-state index is -0.791. The molecule has 1 N–H and O–H groups in total. The topological polar surface area (TPSA) is 62.1 Å². The number of amides is 1. The zero-order chi connectivity index (χ0) is 8.85. The molecule has 0 heterocycles. The molecule has 0 unspecified atom stereocenters. The summed E-state index contributed by atoms with van der Waals surface area (Å²) >= 11 is 10.4. The second-order valence-electron chi connectivity index (χ2n) is 1.36. The third kappa shape index (κ3) is 3.71. The van der Waals surface area contributed by atoms with Crippen molar-refractivity contribution in [1.29, 1.82) is 5.26 Å². The first-order valence-electron chi connectivity index (χ1n) is 2.42. The van der Waals surface area contributed by atoms with E-state index in [1.165, 1.54) is 0 Å². The summed E-state index contributed by atoms with van der Waals surface area (Å²) in [6.45, 7) is 0. The van der Waals surface area contributed by atoms with Gasteiger partial charge < -0.3 is 4.74 Å². The summed E-state index contributed by atoms with van der Waals surface area (Å²) in [5.41, 5.74) is -0.236. The van der Waals surface area contributed by atoms with E-state index in [9.17, 15) is 4.79 Å². The van der Waals surface area contributed by atoms with Gasteiger partial charge in [0.05, 0.1) is 7.11 Å². The molecular formula is C5H4Cl2N2O2. The van der Waals surface area contributed by atoms with E-state index < -0.39 is 6.09 Å². The SMILES string of the molecule is COC(=O)NC(C#N)=C(Cl)Cl. The van der Waals surface area contributed by atoms with E-state index >= 15 is 0 Å². The van der Waals surface area contributed by atoms with Gasteiger partial charge in [-0.3, -0.25) is 5.32 Å². The first-order valence-corrected chi connectivity index (χ1v) is 3.17. The minimum absolute atomic E-state index is 0.236. The Morgan fingerprint density at radius 3 is 2.45 bits per heavy atom. The molecule has 11 heavy (non-hydrogen) atoms. The van der Waals surface area contributed by atoms with Crippen LogP contribution in [-0.2, 0) is 4.74 Å². The van der Waals surface area contributed by atoms with Gasteiger partial charge in [0.1, 0.15) is 10.6 Å². The van der Waals surface area contributed by atoms with Crippen molar-refractivity contribution in [2.75, 3.05) is 7.11 Å². The number of alkyl carbamates (subject to hydrolysis) is 1. The average molecular weight is 195 g/mol. The van der Waals surface area contributed by atoms with Crippen molar-refractivity contribution in [1.82, 2.24) is 5.32 Å². The van der Waals surface area contributed by atoms with Crippen LogP contribution in [0.3, 0.4) is 0 Å². The van der Waals surface area contributed by atoms with Gasteiger partial charge in [0, 0.05) is 0 Å². The normalized spacial score (nSPS) is 7.82. The van der Waals surface area contributed by atoms with Crippen LogP contribution in [0.15, 0.2) is 10.2 Å². The number of allylic oxidation sites excluding steroid dienone is 1. The van der Waals surface area contributed by atoms with Gasteiger partial charge in [0.25, 0.3) is 0 Å². The Balaban J connectivity index is 4.26. The third-order valence-electron chi connectivity index (χ3n) is 0.713. The molecule has 0 aliphatic carbocycles. The highest BCUT2D eigenvalue weighted by atomic mass is 35.5. The molecule has 0 aromatic rings. The molecule has 0 fully saturated rings. The largest absolute Gasteiger partial charge is 0.453 e. The fourth-order valence-electron chi connectivity index (χ4n) is 0.271. The van der Waals surface area contributed by atoms with Gasteiger partial charge in [0.15, 0.2) is 5.70 Å². The highest BCUT2D eigenvalue weighted by Crippen LogP contribution is 2.10. The van der Waals surface area contributed by atoms with Crippen molar-refractivity contribution < 1.29 is 9.53 Å². The number of ether oxygens (including phenoxy) is 1. The Labute approximate surface area is 73.3 Å². The van der Waals surface area contributed by atoms with E-state index in [-0.39, 0.29) is 10.2 Å². The standard InChI is InChI=1S/C5H4Cl2N2O2/c1-11-5(10)9-3(2-8)4(6)7/h1H3,(H,9,10). The van der Waals surface area contributed by atoms with Crippen LogP contribution in [0.1, 0.15) is 0 Å². The Kier molecular flexibility index (Phi) is 4.42. The van der Waals surface area contributed by atoms with Crippen LogP contribution in [0.4, 0.5) is 4.79 Å². The number of methoxy groups -OCH3 is 1. The van der Waals surface area contributed by atoms with E-state index in [1.54, 1.807) is 6.07 Å². The fraction of sp³-hybridized carbons (Fsp3) is 0.200. The van der Waals surface area contributed by atoms with E-state index in [2.05, 4.69) is 4.74 Å². The van der Waals surface area contributed by atoms with E-state index in [0.717, 1.165) is 7.11 Å². The quantitative estimate of drug-likeness (QED) is 0.645. The summed E-state index contributed by atoms with van der Waals surface area (Å²) in [7, 11) is 1.16. The van der Waals surface area contributed by atoms with Crippen LogP contribution >= 0.6 is 23.2 Å². The number of rotatable bonds is 1. The highest BCUT2D eigenvalue weighted by Gasteiger charge is 2.05. The first-order chi connectivity index (χ1) is 5.11. The smallest absolute Gasteiger partial charge is 0.411 e. The molecule has 0 rings (SSSR count). The molecule has 0 atom stereocenters. The van der Waals surface area contributed by atoms with Gasteiger partial charge in [-0.15, -0.1) is 0 Å². The maximum absolute atomic E-state index is 10.4. The fourth-order valence-corrected chi connectivity index (χ4v) is 0.450. The first kappa shape index (κ1) is 10.1. The van der Waals surface area contributed by atoms with Gasteiger partial charge in [-0.1, -0.05) is 23.2 Å². The zero-order valence-electron chi connectivity index (χ0n) is 5.52. The van der Waals surface area contributed by atoms with Crippen LogP contribution in [0.25, 0.3) is 0 Å². The monoisotopic (exact) mass is 194 g/mol. The maximum Gasteiger partial charge on any atom is 0.411 e. The molecule has 0 aliphatic rings. The lowest BCUT2D eigenvalue weighted by Gasteiger charge is -1.99. The summed E-state index contributed by atoms with van der Waals surface area (Å²) < 4.78 is 3.87. The van der Waals surface area contributed by atoms with Crippen LogP contribution in [0.2, 0.25) is 0 Å². The van der Waals surface area contributed by atoms with Crippen molar-refractivity contribution in [3.8, 4) is 6.07 Å². The lowest BCUT2D eigenvalue weighted by atomic mass is 10.5. The Morgan fingerprint density at radius 1 is 1.64 bits per heavy atom. The molecule has 1 amide bonds. The molecule has 0 spiro atoms. The van der Waals surface area contributed by atoms with E-state index in [0.29, 0.717) is 0 Å². The van der Waals surface area contributed by atoms with Crippen LogP contribution < -0.4 is 5.32 Å². The van der Waals surface area contributed by atoms with Crippen molar-refractivity contribution in [2.24, 2.45) is 0 Å². The Hall–Kier alpha value is -0.920. The molecule has 0 aromatic heterocycles. The second kappa shape index (κ2) is 4.83. The van der Waals surface area contributed by atoms with E-state index in [1.807, 2.05) is 5.32 Å². The zero-order valence-corrected chi connectivity index (χ0v) is 7.03. The number of hydrogen-bond acceptors (Lipinski definition) is 3. The molecule has 60 valence electrons. The number of carbonyl (C=O) groups excluding carboxylic acids is 1. The van der Waals surface area contributed by atoms with E-state index in [4.69, 9.17) is 28.5 Å².